The van der Waals surface area contributed by atoms with Crippen molar-refractivity contribution in [3.63, 3.8) is 0 Å². The maximum atomic E-state index is 13.1. The zero-order valence-corrected chi connectivity index (χ0v) is 25.9. The van der Waals surface area contributed by atoms with E-state index in [-0.39, 0.29) is 30.6 Å². The highest BCUT2D eigenvalue weighted by atomic mass is 35.5. The van der Waals surface area contributed by atoms with Crippen molar-refractivity contribution in [1.82, 2.24) is 15.3 Å². The van der Waals surface area contributed by atoms with Crippen LogP contribution in [0.1, 0.15) is 31.2 Å². The van der Waals surface area contributed by atoms with Crippen molar-refractivity contribution in [3.05, 3.63) is 78.4 Å². The van der Waals surface area contributed by atoms with E-state index in [4.69, 9.17) is 9.97 Å². The SMILES string of the molecule is CN(C)c1nc(NCC2CCC(CNCc3ccc(-c4ccccc4)cc3OC(F)(F)F)CC2)nc2ccccc12.Cl.Cl. The third-order valence-corrected chi connectivity index (χ3v) is 7.67. The van der Waals surface area contributed by atoms with Gasteiger partial charge in [-0.15, -0.1) is 38.0 Å². The van der Waals surface area contributed by atoms with Crippen LogP contribution in [-0.2, 0) is 6.54 Å². The summed E-state index contributed by atoms with van der Waals surface area (Å²) in [6, 6.07) is 22.4. The van der Waals surface area contributed by atoms with Crippen LogP contribution in [-0.4, -0.2) is 43.5 Å². The van der Waals surface area contributed by atoms with Gasteiger partial charge in [-0.3, -0.25) is 0 Å². The first-order valence-corrected chi connectivity index (χ1v) is 14.1. The van der Waals surface area contributed by atoms with Crippen molar-refractivity contribution in [1.29, 1.82) is 0 Å². The van der Waals surface area contributed by atoms with Crippen molar-refractivity contribution in [2.24, 2.45) is 11.8 Å². The highest BCUT2D eigenvalue weighted by Crippen LogP contribution is 2.33. The van der Waals surface area contributed by atoms with Gasteiger partial charge in [-0.1, -0.05) is 54.6 Å². The average Bonchev–Trinajstić information content (AvgIpc) is 2.96. The summed E-state index contributed by atoms with van der Waals surface area (Å²) < 4.78 is 43.8. The molecule has 0 saturated heterocycles. The number of benzene rings is 3. The van der Waals surface area contributed by atoms with Crippen molar-refractivity contribution in [3.8, 4) is 16.9 Å². The van der Waals surface area contributed by atoms with Crippen molar-refractivity contribution >= 4 is 47.5 Å². The molecule has 1 fully saturated rings. The molecule has 1 saturated carbocycles. The number of nitrogens with zero attached hydrogens (tertiary/aromatic N) is 3. The quantitative estimate of drug-likeness (QED) is 0.183. The van der Waals surface area contributed by atoms with Crippen molar-refractivity contribution < 1.29 is 17.9 Å². The molecular formula is C32H38Cl2F3N5O. The third-order valence-electron chi connectivity index (χ3n) is 7.67. The smallest absolute Gasteiger partial charge is 0.405 e. The fourth-order valence-electron chi connectivity index (χ4n) is 5.50. The minimum Gasteiger partial charge on any atom is -0.405 e. The van der Waals surface area contributed by atoms with E-state index in [1.54, 1.807) is 6.07 Å². The molecule has 43 heavy (non-hydrogen) atoms. The van der Waals surface area contributed by atoms with Crippen LogP contribution in [0, 0.1) is 11.8 Å². The number of anilines is 2. The van der Waals surface area contributed by atoms with Gasteiger partial charge < -0.3 is 20.3 Å². The molecular weight excluding hydrogens is 598 g/mol. The summed E-state index contributed by atoms with van der Waals surface area (Å²) in [7, 11) is 3.97. The molecule has 0 aliphatic heterocycles. The van der Waals surface area contributed by atoms with Crippen LogP contribution < -0.4 is 20.3 Å². The van der Waals surface area contributed by atoms with Crippen LogP contribution in [0.2, 0.25) is 0 Å². The summed E-state index contributed by atoms with van der Waals surface area (Å²) in [6.07, 6.45) is -0.439. The first kappa shape index (κ1) is 34.2. The summed E-state index contributed by atoms with van der Waals surface area (Å²) in [4.78, 5) is 11.4. The van der Waals surface area contributed by atoms with Gasteiger partial charge in [-0.2, -0.15) is 4.98 Å². The minimum absolute atomic E-state index is 0. The summed E-state index contributed by atoms with van der Waals surface area (Å²) in [5, 5.41) is 7.86. The second kappa shape index (κ2) is 15.5. The highest BCUT2D eigenvalue weighted by molar-refractivity contribution is 5.90. The lowest BCUT2D eigenvalue weighted by atomic mass is 9.82. The Labute approximate surface area is 263 Å². The Balaban J connectivity index is 0.00000253. The molecule has 4 aromatic rings. The molecule has 0 spiro atoms. The van der Waals surface area contributed by atoms with E-state index in [1.165, 1.54) is 6.07 Å². The summed E-state index contributed by atoms with van der Waals surface area (Å²) in [5.41, 5.74) is 2.94. The number of halogens is 5. The van der Waals surface area contributed by atoms with Crippen LogP contribution in [0.4, 0.5) is 24.9 Å². The van der Waals surface area contributed by atoms with Gasteiger partial charge in [0.1, 0.15) is 11.6 Å². The van der Waals surface area contributed by atoms with E-state index in [0.29, 0.717) is 35.5 Å². The number of ether oxygens (including phenoxy) is 1. The first-order valence-electron chi connectivity index (χ1n) is 14.1. The van der Waals surface area contributed by atoms with E-state index in [9.17, 15) is 13.2 Å². The number of hydrogen-bond donors (Lipinski definition) is 2. The minimum atomic E-state index is -4.75. The van der Waals surface area contributed by atoms with Gasteiger partial charge in [-0.25, -0.2) is 4.98 Å². The van der Waals surface area contributed by atoms with E-state index in [1.807, 2.05) is 79.7 Å². The molecule has 0 radical (unpaired) electrons. The van der Waals surface area contributed by atoms with Crippen molar-refractivity contribution in [2.75, 3.05) is 37.4 Å². The number of para-hydroxylation sites is 1. The Morgan fingerprint density at radius 2 is 1.47 bits per heavy atom. The van der Waals surface area contributed by atoms with Gasteiger partial charge in [0.2, 0.25) is 5.95 Å². The molecule has 3 aromatic carbocycles. The zero-order valence-electron chi connectivity index (χ0n) is 24.2. The molecule has 2 N–H and O–H groups in total. The Kier molecular flexibility index (Phi) is 12.3. The summed E-state index contributed by atoms with van der Waals surface area (Å²) in [5.74, 6) is 2.40. The molecule has 1 aromatic heterocycles. The predicted molar refractivity (Wildman–Crippen MR) is 173 cm³/mol. The van der Waals surface area contributed by atoms with E-state index < -0.39 is 6.36 Å². The second-order valence-corrected chi connectivity index (χ2v) is 10.9. The van der Waals surface area contributed by atoms with E-state index in [0.717, 1.165) is 61.1 Å². The molecule has 5 rings (SSSR count). The fourth-order valence-corrected chi connectivity index (χ4v) is 5.50. The standard InChI is InChI=1S/C32H36F3N5O.2ClH/c1-40(2)30-27-10-6-7-11-28(27)38-31(39-30)37-20-23-14-12-22(13-15-23)19-36-21-26-17-16-25(24-8-4-3-5-9-24)18-29(26)41-32(33,34)35;;/h3-11,16-18,22-23,36H,12-15,19-21H2,1-2H3,(H,37,38,39);2*1H. The fraction of sp³-hybridized carbons (Fsp3) is 0.375. The molecule has 0 amide bonds. The number of alkyl halides is 3. The topological polar surface area (TPSA) is 62.3 Å². The van der Waals surface area contributed by atoms with Gasteiger partial charge in [0, 0.05) is 38.1 Å². The van der Waals surface area contributed by atoms with Crippen LogP contribution in [0.15, 0.2) is 72.8 Å². The maximum absolute atomic E-state index is 13.1. The summed E-state index contributed by atoms with van der Waals surface area (Å²) in [6.45, 7) is 1.89. The lowest BCUT2D eigenvalue weighted by Crippen LogP contribution is -2.29. The van der Waals surface area contributed by atoms with Crippen molar-refractivity contribution in [2.45, 2.75) is 38.6 Å². The largest absolute Gasteiger partial charge is 0.573 e. The molecule has 0 bridgehead atoms. The second-order valence-electron chi connectivity index (χ2n) is 10.9. The molecule has 1 heterocycles. The molecule has 232 valence electrons. The number of aromatic nitrogens is 2. The van der Waals surface area contributed by atoms with E-state index in [2.05, 4.69) is 15.4 Å². The summed E-state index contributed by atoms with van der Waals surface area (Å²) >= 11 is 0. The van der Waals surface area contributed by atoms with Gasteiger partial charge in [0.25, 0.3) is 0 Å². The maximum Gasteiger partial charge on any atom is 0.573 e. The molecule has 11 heteroatoms. The monoisotopic (exact) mass is 635 g/mol. The number of nitrogens with one attached hydrogen (secondary N) is 2. The normalized spacial score (nSPS) is 16.6. The van der Waals surface area contributed by atoms with Gasteiger partial charge in [0.15, 0.2) is 0 Å². The Morgan fingerprint density at radius 1 is 0.814 bits per heavy atom. The Morgan fingerprint density at radius 3 is 2.14 bits per heavy atom. The number of fused-ring (bicyclic) bond motifs is 1. The van der Waals surface area contributed by atoms with E-state index >= 15 is 0 Å². The molecule has 0 unspecified atom stereocenters. The molecule has 1 aliphatic rings. The molecule has 6 nitrogen and oxygen atoms in total. The third kappa shape index (κ3) is 9.36. The molecule has 1 aliphatic carbocycles. The lowest BCUT2D eigenvalue weighted by Gasteiger charge is -2.29. The predicted octanol–water partition coefficient (Wildman–Crippen LogP) is 8.11. The molecule has 0 atom stereocenters. The van der Waals surface area contributed by atoms with Gasteiger partial charge in [0.05, 0.1) is 5.52 Å². The zero-order chi connectivity index (χ0) is 28.8. The number of hydrogen-bond acceptors (Lipinski definition) is 6. The Bertz CT molecular complexity index is 1450. The average molecular weight is 637 g/mol. The van der Waals surface area contributed by atoms with Crippen LogP contribution >= 0.6 is 24.8 Å². The highest BCUT2D eigenvalue weighted by Gasteiger charge is 2.32. The van der Waals surface area contributed by atoms with Crippen LogP contribution in [0.25, 0.3) is 22.0 Å². The number of rotatable bonds is 10. The Hall–Kier alpha value is -3.27. The van der Waals surface area contributed by atoms with Crippen LogP contribution in [0.5, 0.6) is 5.75 Å². The van der Waals surface area contributed by atoms with Gasteiger partial charge >= 0.3 is 6.36 Å². The van der Waals surface area contributed by atoms with Gasteiger partial charge in [-0.05, 0) is 73.4 Å². The first-order chi connectivity index (χ1) is 19.7. The van der Waals surface area contributed by atoms with Crippen LogP contribution in [0.3, 0.4) is 0 Å². The lowest BCUT2D eigenvalue weighted by molar-refractivity contribution is -0.274.